The van der Waals surface area contributed by atoms with Crippen LogP contribution in [0, 0.1) is 6.92 Å². The van der Waals surface area contributed by atoms with Gasteiger partial charge in [0.05, 0.1) is 24.5 Å². The van der Waals surface area contributed by atoms with E-state index in [9.17, 15) is 9.90 Å². The largest absolute Gasteiger partial charge is 0.478 e. The van der Waals surface area contributed by atoms with E-state index in [0.717, 1.165) is 11.3 Å². The van der Waals surface area contributed by atoms with E-state index in [1.54, 1.807) is 12.1 Å². The lowest BCUT2D eigenvalue weighted by Gasteiger charge is -2.27. The number of para-hydroxylation sites is 1. The molecule has 0 aromatic heterocycles. The fraction of sp³-hybridized carbons (Fsp3) is 0.562. The maximum Gasteiger partial charge on any atom is 0.337 e. The van der Waals surface area contributed by atoms with Gasteiger partial charge in [-0.05, 0) is 32.4 Å². The number of anilines is 1. The molecule has 0 radical (unpaired) electrons. The van der Waals surface area contributed by atoms with Gasteiger partial charge in [-0.3, -0.25) is 0 Å². The Hall–Kier alpha value is -1.59. The van der Waals surface area contributed by atoms with Gasteiger partial charge in [-0.15, -0.1) is 0 Å². The predicted molar refractivity (Wildman–Crippen MR) is 83.3 cm³/mol. The second kappa shape index (κ2) is 9.37. The second-order valence-electron chi connectivity index (χ2n) is 4.66. The van der Waals surface area contributed by atoms with Gasteiger partial charge in [0.25, 0.3) is 0 Å². The third kappa shape index (κ3) is 5.36. The second-order valence-corrected chi connectivity index (χ2v) is 4.66. The van der Waals surface area contributed by atoms with Gasteiger partial charge in [0.1, 0.15) is 0 Å². The van der Waals surface area contributed by atoms with Crippen molar-refractivity contribution in [3.63, 3.8) is 0 Å². The summed E-state index contributed by atoms with van der Waals surface area (Å²) >= 11 is 0. The zero-order valence-corrected chi connectivity index (χ0v) is 13.1. The van der Waals surface area contributed by atoms with Gasteiger partial charge in [-0.2, -0.15) is 0 Å². The number of carboxylic acid groups (broad SMARTS) is 1. The molecule has 5 heteroatoms. The molecule has 21 heavy (non-hydrogen) atoms. The van der Waals surface area contributed by atoms with Gasteiger partial charge in [-0.25, -0.2) is 4.79 Å². The van der Waals surface area contributed by atoms with E-state index in [0.29, 0.717) is 45.1 Å². The van der Waals surface area contributed by atoms with E-state index < -0.39 is 5.97 Å². The Balaban J connectivity index is 2.97. The predicted octanol–water partition coefficient (Wildman–Crippen LogP) is 2.57. The summed E-state index contributed by atoms with van der Waals surface area (Å²) in [6.45, 7) is 9.54. The summed E-state index contributed by atoms with van der Waals surface area (Å²) in [4.78, 5) is 13.5. The van der Waals surface area contributed by atoms with E-state index in [-0.39, 0.29) is 0 Å². The van der Waals surface area contributed by atoms with Crippen LogP contribution in [-0.2, 0) is 9.47 Å². The fourth-order valence-electron chi connectivity index (χ4n) is 2.22. The molecule has 1 aromatic rings. The number of rotatable bonds is 10. The van der Waals surface area contributed by atoms with Crippen molar-refractivity contribution in [2.45, 2.75) is 20.8 Å². The van der Waals surface area contributed by atoms with Crippen LogP contribution in [0.2, 0.25) is 0 Å². The molecule has 0 spiro atoms. The van der Waals surface area contributed by atoms with E-state index in [2.05, 4.69) is 0 Å². The monoisotopic (exact) mass is 295 g/mol. The lowest BCUT2D eigenvalue weighted by Crippen LogP contribution is -2.33. The molecule has 0 unspecified atom stereocenters. The first-order valence-corrected chi connectivity index (χ1v) is 7.35. The minimum Gasteiger partial charge on any atom is -0.478 e. The molecule has 0 aliphatic heterocycles. The Morgan fingerprint density at radius 2 is 1.71 bits per heavy atom. The molecule has 1 rings (SSSR count). The van der Waals surface area contributed by atoms with Crippen molar-refractivity contribution in [1.82, 2.24) is 0 Å². The van der Waals surface area contributed by atoms with Crippen LogP contribution in [0.3, 0.4) is 0 Å². The third-order valence-electron chi connectivity index (χ3n) is 3.20. The highest BCUT2D eigenvalue weighted by Gasteiger charge is 2.18. The Morgan fingerprint density at radius 1 is 1.14 bits per heavy atom. The molecule has 0 aliphatic carbocycles. The van der Waals surface area contributed by atoms with Gasteiger partial charge in [-0.1, -0.05) is 12.1 Å². The first-order valence-electron chi connectivity index (χ1n) is 7.35. The molecule has 5 nitrogen and oxygen atoms in total. The lowest BCUT2D eigenvalue weighted by atomic mass is 10.1. The van der Waals surface area contributed by atoms with Crippen molar-refractivity contribution < 1.29 is 19.4 Å². The van der Waals surface area contributed by atoms with E-state index >= 15 is 0 Å². The molecule has 1 N–H and O–H groups in total. The van der Waals surface area contributed by atoms with Crippen LogP contribution in [0.25, 0.3) is 0 Å². The Labute approximate surface area is 126 Å². The molecule has 0 atom stereocenters. The number of carbonyl (C=O) groups is 1. The van der Waals surface area contributed by atoms with Crippen molar-refractivity contribution in [2.75, 3.05) is 44.4 Å². The summed E-state index contributed by atoms with van der Waals surface area (Å²) in [5.74, 6) is -0.911. The number of carboxylic acids is 1. The van der Waals surface area contributed by atoms with E-state index in [1.165, 1.54) is 0 Å². The number of nitrogens with zero attached hydrogens (tertiary/aromatic N) is 1. The average molecular weight is 295 g/mol. The van der Waals surface area contributed by atoms with Gasteiger partial charge < -0.3 is 19.5 Å². The minimum atomic E-state index is -0.911. The number of ether oxygens (including phenoxy) is 2. The Morgan fingerprint density at radius 3 is 2.19 bits per heavy atom. The van der Waals surface area contributed by atoms with Crippen molar-refractivity contribution in [3.05, 3.63) is 29.3 Å². The molecular formula is C16H25NO4. The smallest absolute Gasteiger partial charge is 0.337 e. The highest BCUT2D eigenvalue weighted by Crippen LogP contribution is 2.25. The number of hydrogen-bond donors (Lipinski definition) is 1. The number of aryl methyl sites for hydroxylation is 1. The van der Waals surface area contributed by atoms with Gasteiger partial charge in [0, 0.05) is 26.3 Å². The molecule has 0 aliphatic rings. The SMILES string of the molecule is CCOCCN(CCOCC)c1c(C)cccc1C(=O)O. The Kier molecular flexibility index (Phi) is 7.79. The van der Waals surface area contributed by atoms with Crippen LogP contribution in [0.15, 0.2) is 18.2 Å². The molecule has 0 heterocycles. The maximum absolute atomic E-state index is 11.4. The van der Waals surface area contributed by atoms with Crippen molar-refractivity contribution in [3.8, 4) is 0 Å². The topological polar surface area (TPSA) is 59.0 Å². The van der Waals surface area contributed by atoms with Crippen molar-refractivity contribution in [2.24, 2.45) is 0 Å². The van der Waals surface area contributed by atoms with Crippen LogP contribution in [0.4, 0.5) is 5.69 Å². The quantitative estimate of drug-likeness (QED) is 0.672. The number of hydrogen-bond acceptors (Lipinski definition) is 4. The molecule has 0 bridgehead atoms. The lowest BCUT2D eigenvalue weighted by molar-refractivity contribution is 0.0697. The average Bonchev–Trinajstić information content (AvgIpc) is 2.46. The van der Waals surface area contributed by atoms with Gasteiger partial charge >= 0.3 is 5.97 Å². The van der Waals surface area contributed by atoms with Crippen molar-refractivity contribution >= 4 is 11.7 Å². The molecular weight excluding hydrogens is 270 g/mol. The van der Waals surface area contributed by atoms with Gasteiger partial charge in [0.2, 0.25) is 0 Å². The summed E-state index contributed by atoms with van der Waals surface area (Å²) in [6.07, 6.45) is 0. The normalized spacial score (nSPS) is 10.6. The zero-order chi connectivity index (χ0) is 15.7. The van der Waals surface area contributed by atoms with E-state index in [4.69, 9.17) is 9.47 Å². The summed E-state index contributed by atoms with van der Waals surface area (Å²) < 4.78 is 10.8. The summed E-state index contributed by atoms with van der Waals surface area (Å²) in [7, 11) is 0. The van der Waals surface area contributed by atoms with E-state index in [1.807, 2.05) is 31.7 Å². The molecule has 0 fully saturated rings. The summed E-state index contributed by atoms with van der Waals surface area (Å²) in [5, 5.41) is 9.39. The van der Waals surface area contributed by atoms with Crippen LogP contribution in [0.5, 0.6) is 0 Å². The summed E-state index contributed by atoms with van der Waals surface area (Å²) in [5.41, 5.74) is 2.02. The number of aromatic carboxylic acids is 1. The minimum absolute atomic E-state index is 0.322. The van der Waals surface area contributed by atoms with Crippen LogP contribution < -0.4 is 4.90 Å². The number of benzene rings is 1. The molecule has 0 amide bonds. The zero-order valence-electron chi connectivity index (χ0n) is 13.1. The van der Waals surface area contributed by atoms with Crippen molar-refractivity contribution in [1.29, 1.82) is 0 Å². The standard InChI is InChI=1S/C16H25NO4/c1-4-20-11-9-17(10-12-21-5-2)15-13(3)7-6-8-14(15)16(18)19/h6-8H,4-5,9-12H2,1-3H3,(H,18,19). The third-order valence-corrected chi connectivity index (χ3v) is 3.20. The van der Waals surface area contributed by atoms with Crippen LogP contribution in [-0.4, -0.2) is 50.6 Å². The highest BCUT2D eigenvalue weighted by atomic mass is 16.5. The molecule has 0 saturated carbocycles. The fourth-order valence-corrected chi connectivity index (χ4v) is 2.22. The molecule has 0 saturated heterocycles. The van der Waals surface area contributed by atoms with Crippen LogP contribution in [0.1, 0.15) is 29.8 Å². The van der Waals surface area contributed by atoms with Crippen LogP contribution >= 0.6 is 0 Å². The Bertz CT molecular complexity index is 438. The molecule has 118 valence electrons. The highest BCUT2D eigenvalue weighted by molar-refractivity contribution is 5.95. The van der Waals surface area contributed by atoms with Gasteiger partial charge in [0.15, 0.2) is 0 Å². The summed E-state index contributed by atoms with van der Waals surface area (Å²) in [6, 6.07) is 5.33. The molecule has 1 aromatic carbocycles. The first-order chi connectivity index (χ1) is 10.1. The maximum atomic E-state index is 11.4. The first kappa shape index (κ1) is 17.5.